The number of aryl methyl sites for hydroxylation is 1. The Hall–Kier alpha value is -1.39. The van der Waals surface area contributed by atoms with Crippen LogP contribution in [0, 0.1) is 12.7 Å². The average molecular weight is 324 g/mol. The summed E-state index contributed by atoms with van der Waals surface area (Å²) < 4.78 is 20.5. The quantitative estimate of drug-likeness (QED) is 0.887. The lowest BCUT2D eigenvalue weighted by Gasteiger charge is -2.15. The molecule has 0 saturated carbocycles. The first-order chi connectivity index (χ1) is 8.99. The first kappa shape index (κ1) is 14.0. The van der Waals surface area contributed by atoms with Crippen LogP contribution in [-0.4, -0.2) is 0 Å². The first-order valence-corrected chi connectivity index (χ1v) is 6.76. The Morgan fingerprint density at radius 2 is 2.00 bits per heavy atom. The zero-order valence-electron chi connectivity index (χ0n) is 10.8. The molecular formula is C15H15BrFNO. The zero-order chi connectivity index (χ0) is 14.0. The second-order valence-electron chi connectivity index (χ2n) is 4.46. The molecule has 2 nitrogen and oxygen atoms in total. The van der Waals surface area contributed by atoms with E-state index in [0.717, 1.165) is 10.0 Å². The molecule has 0 aromatic heterocycles. The minimum absolute atomic E-state index is 0.194. The predicted molar refractivity (Wildman–Crippen MR) is 78.0 cm³/mol. The van der Waals surface area contributed by atoms with Crippen LogP contribution in [0.3, 0.4) is 0 Å². The molecule has 0 bridgehead atoms. The summed E-state index contributed by atoms with van der Waals surface area (Å²) in [6.07, 6.45) is 0. The molecule has 100 valence electrons. The monoisotopic (exact) mass is 323 g/mol. The molecule has 4 heteroatoms. The molecule has 0 amide bonds. The molecular weight excluding hydrogens is 309 g/mol. The maximum absolute atomic E-state index is 13.9. The van der Waals surface area contributed by atoms with Gasteiger partial charge in [-0.3, -0.25) is 0 Å². The van der Waals surface area contributed by atoms with Crippen molar-refractivity contribution in [3.8, 4) is 11.5 Å². The molecule has 1 atom stereocenters. The smallest absolute Gasteiger partial charge is 0.167 e. The van der Waals surface area contributed by atoms with E-state index >= 15 is 0 Å². The molecule has 0 aliphatic heterocycles. The Morgan fingerprint density at radius 1 is 1.26 bits per heavy atom. The number of rotatable bonds is 3. The van der Waals surface area contributed by atoms with Gasteiger partial charge in [0.15, 0.2) is 11.6 Å². The topological polar surface area (TPSA) is 35.2 Å². The Labute approximate surface area is 120 Å². The van der Waals surface area contributed by atoms with Crippen molar-refractivity contribution < 1.29 is 9.13 Å². The minimum atomic E-state index is -0.407. The van der Waals surface area contributed by atoms with Crippen molar-refractivity contribution >= 4 is 15.9 Å². The average Bonchev–Trinajstić information content (AvgIpc) is 2.36. The lowest BCUT2D eigenvalue weighted by atomic mass is 10.1. The van der Waals surface area contributed by atoms with E-state index < -0.39 is 5.82 Å². The highest BCUT2D eigenvalue weighted by atomic mass is 79.9. The molecule has 2 rings (SSSR count). The molecule has 0 radical (unpaired) electrons. The van der Waals surface area contributed by atoms with Gasteiger partial charge in [0.1, 0.15) is 5.75 Å². The molecule has 0 unspecified atom stereocenters. The summed E-state index contributed by atoms with van der Waals surface area (Å²) in [5, 5.41) is 0. The third-order valence-electron chi connectivity index (χ3n) is 2.84. The second-order valence-corrected chi connectivity index (χ2v) is 5.31. The number of hydrogen-bond donors (Lipinski definition) is 1. The van der Waals surface area contributed by atoms with Crippen LogP contribution in [-0.2, 0) is 0 Å². The van der Waals surface area contributed by atoms with E-state index in [4.69, 9.17) is 10.5 Å². The maximum atomic E-state index is 13.9. The van der Waals surface area contributed by atoms with Crippen molar-refractivity contribution in [2.45, 2.75) is 19.9 Å². The highest BCUT2D eigenvalue weighted by molar-refractivity contribution is 9.10. The van der Waals surface area contributed by atoms with Gasteiger partial charge in [-0.25, -0.2) is 4.39 Å². The van der Waals surface area contributed by atoms with Crippen molar-refractivity contribution in [1.29, 1.82) is 0 Å². The first-order valence-electron chi connectivity index (χ1n) is 5.97. The predicted octanol–water partition coefficient (Wildman–Crippen LogP) is 4.71. The normalized spacial score (nSPS) is 12.3. The molecule has 2 N–H and O–H groups in total. The van der Waals surface area contributed by atoms with Crippen LogP contribution in [0.5, 0.6) is 11.5 Å². The SMILES string of the molecule is Cc1cc(Oc2c(F)cccc2[C@H](C)N)ccc1Br. The van der Waals surface area contributed by atoms with Gasteiger partial charge in [0.05, 0.1) is 0 Å². The van der Waals surface area contributed by atoms with Crippen molar-refractivity contribution in [3.05, 3.63) is 57.8 Å². The zero-order valence-corrected chi connectivity index (χ0v) is 12.4. The van der Waals surface area contributed by atoms with Gasteiger partial charge in [-0.05, 0) is 43.7 Å². The molecule has 0 aliphatic carbocycles. The van der Waals surface area contributed by atoms with Gasteiger partial charge in [-0.2, -0.15) is 0 Å². The highest BCUT2D eigenvalue weighted by Crippen LogP contribution is 2.32. The summed E-state index contributed by atoms with van der Waals surface area (Å²) >= 11 is 3.42. The summed E-state index contributed by atoms with van der Waals surface area (Å²) in [5.74, 6) is 0.377. The number of benzene rings is 2. The van der Waals surface area contributed by atoms with Crippen molar-refractivity contribution in [1.82, 2.24) is 0 Å². The third-order valence-corrected chi connectivity index (χ3v) is 3.73. The van der Waals surface area contributed by atoms with Crippen LogP contribution >= 0.6 is 15.9 Å². The van der Waals surface area contributed by atoms with Crippen molar-refractivity contribution in [3.63, 3.8) is 0 Å². The highest BCUT2D eigenvalue weighted by Gasteiger charge is 2.14. The fraction of sp³-hybridized carbons (Fsp3) is 0.200. The van der Waals surface area contributed by atoms with E-state index in [2.05, 4.69) is 15.9 Å². The number of halogens is 2. The lowest BCUT2D eigenvalue weighted by Crippen LogP contribution is -2.07. The van der Waals surface area contributed by atoms with E-state index in [9.17, 15) is 4.39 Å². The van der Waals surface area contributed by atoms with Crippen LogP contribution in [0.4, 0.5) is 4.39 Å². The van der Waals surface area contributed by atoms with E-state index in [0.29, 0.717) is 11.3 Å². The largest absolute Gasteiger partial charge is 0.454 e. The van der Waals surface area contributed by atoms with Gasteiger partial charge in [-0.15, -0.1) is 0 Å². The van der Waals surface area contributed by atoms with Gasteiger partial charge < -0.3 is 10.5 Å². The third kappa shape index (κ3) is 3.14. The molecule has 2 aromatic rings. The molecule has 19 heavy (non-hydrogen) atoms. The van der Waals surface area contributed by atoms with Crippen molar-refractivity contribution in [2.75, 3.05) is 0 Å². The van der Waals surface area contributed by atoms with Gasteiger partial charge in [0, 0.05) is 16.1 Å². The van der Waals surface area contributed by atoms with Gasteiger partial charge in [0.2, 0.25) is 0 Å². The molecule has 2 aromatic carbocycles. The Morgan fingerprint density at radius 3 is 2.63 bits per heavy atom. The Bertz CT molecular complexity index is 599. The van der Waals surface area contributed by atoms with Crippen LogP contribution in [0.25, 0.3) is 0 Å². The Balaban J connectivity index is 2.40. The molecule has 0 heterocycles. The maximum Gasteiger partial charge on any atom is 0.167 e. The molecule has 0 aliphatic rings. The minimum Gasteiger partial charge on any atom is -0.454 e. The summed E-state index contributed by atoms with van der Waals surface area (Å²) in [4.78, 5) is 0. The number of hydrogen-bond acceptors (Lipinski definition) is 2. The van der Waals surface area contributed by atoms with Crippen LogP contribution in [0.1, 0.15) is 24.1 Å². The standard InChI is InChI=1S/C15H15BrFNO/c1-9-8-11(6-7-13(9)16)19-15-12(10(2)18)4-3-5-14(15)17/h3-8,10H,18H2,1-2H3/t10-/m0/s1. The van der Waals surface area contributed by atoms with Crippen molar-refractivity contribution in [2.24, 2.45) is 5.73 Å². The van der Waals surface area contributed by atoms with E-state index in [1.54, 1.807) is 25.1 Å². The van der Waals surface area contributed by atoms with E-state index in [1.807, 2.05) is 19.1 Å². The van der Waals surface area contributed by atoms with Crippen LogP contribution < -0.4 is 10.5 Å². The van der Waals surface area contributed by atoms with Crippen LogP contribution in [0.2, 0.25) is 0 Å². The van der Waals surface area contributed by atoms with Crippen LogP contribution in [0.15, 0.2) is 40.9 Å². The fourth-order valence-electron chi connectivity index (χ4n) is 1.79. The van der Waals surface area contributed by atoms with E-state index in [-0.39, 0.29) is 11.8 Å². The second kappa shape index (κ2) is 5.72. The Kier molecular flexibility index (Phi) is 4.22. The van der Waals surface area contributed by atoms with Gasteiger partial charge in [-0.1, -0.05) is 28.1 Å². The lowest BCUT2D eigenvalue weighted by molar-refractivity contribution is 0.432. The van der Waals surface area contributed by atoms with Gasteiger partial charge in [0.25, 0.3) is 0 Å². The summed E-state index contributed by atoms with van der Waals surface area (Å²) in [6, 6.07) is 9.99. The van der Waals surface area contributed by atoms with Gasteiger partial charge >= 0.3 is 0 Å². The molecule has 0 fully saturated rings. The molecule has 0 saturated heterocycles. The summed E-state index contributed by atoms with van der Waals surface area (Å²) in [5.41, 5.74) is 7.51. The number of ether oxygens (including phenoxy) is 1. The fourth-order valence-corrected chi connectivity index (χ4v) is 2.04. The summed E-state index contributed by atoms with van der Waals surface area (Å²) in [7, 11) is 0. The van der Waals surface area contributed by atoms with E-state index in [1.165, 1.54) is 6.07 Å². The molecule has 0 spiro atoms. The summed E-state index contributed by atoms with van der Waals surface area (Å²) in [6.45, 7) is 3.75. The number of para-hydroxylation sites is 1. The number of nitrogens with two attached hydrogens (primary N) is 1.